The number of aromatic nitrogens is 4. The minimum Gasteiger partial charge on any atom is -0.338 e. The number of nitrogens with zero attached hydrogens (tertiary/aromatic N) is 5. The molecular formula is C20H22N6O2. The van der Waals surface area contributed by atoms with Crippen LogP contribution in [0.4, 0.5) is 10.5 Å². The van der Waals surface area contributed by atoms with Crippen LogP contribution in [0.2, 0.25) is 0 Å². The minimum atomic E-state index is -0.133. The number of anilines is 1. The van der Waals surface area contributed by atoms with Crippen molar-refractivity contribution < 1.29 is 9.32 Å². The third kappa shape index (κ3) is 3.71. The Balaban J connectivity index is 1.33. The van der Waals surface area contributed by atoms with Gasteiger partial charge in [0.25, 0.3) is 0 Å². The maximum Gasteiger partial charge on any atom is 0.321 e. The van der Waals surface area contributed by atoms with E-state index in [2.05, 4.69) is 46.2 Å². The summed E-state index contributed by atoms with van der Waals surface area (Å²) >= 11 is 0. The van der Waals surface area contributed by atoms with Gasteiger partial charge in [0, 0.05) is 31.2 Å². The second kappa shape index (κ2) is 7.03. The number of hydrogen-bond donors (Lipinski definition) is 1. The number of carbonyl (C=O) groups is 1. The number of urea groups is 1. The second-order valence-electron chi connectivity index (χ2n) is 7.89. The highest BCUT2D eigenvalue weighted by molar-refractivity contribution is 5.90. The largest absolute Gasteiger partial charge is 0.338 e. The lowest BCUT2D eigenvalue weighted by Crippen LogP contribution is -2.50. The molecule has 0 bridgehead atoms. The van der Waals surface area contributed by atoms with E-state index in [-0.39, 0.29) is 17.4 Å². The molecular weight excluding hydrogens is 356 g/mol. The molecule has 2 amide bonds. The van der Waals surface area contributed by atoms with Crippen molar-refractivity contribution in [3.8, 4) is 11.6 Å². The molecule has 28 heavy (non-hydrogen) atoms. The van der Waals surface area contributed by atoms with Crippen LogP contribution in [0, 0.1) is 0 Å². The van der Waals surface area contributed by atoms with Crippen LogP contribution in [0.3, 0.4) is 0 Å². The third-order valence-corrected chi connectivity index (χ3v) is 4.73. The third-order valence-electron chi connectivity index (χ3n) is 4.73. The Bertz CT molecular complexity index is 956. The van der Waals surface area contributed by atoms with Crippen molar-refractivity contribution in [3.05, 3.63) is 54.2 Å². The van der Waals surface area contributed by atoms with Crippen molar-refractivity contribution in [1.29, 1.82) is 0 Å². The number of nitrogens with one attached hydrogen (secondary N) is 1. The van der Waals surface area contributed by atoms with E-state index in [9.17, 15) is 4.79 Å². The van der Waals surface area contributed by atoms with E-state index < -0.39 is 0 Å². The average molecular weight is 378 g/mol. The van der Waals surface area contributed by atoms with Gasteiger partial charge in [-0.2, -0.15) is 4.98 Å². The summed E-state index contributed by atoms with van der Waals surface area (Å²) < 4.78 is 5.31. The highest BCUT2D eigenvalue weighted by atomic mass is 16.5. The molecule has 0 unspecified atom stereocenters. The lowest BCUT2D eigenvalue weighted by atomic mass is 9.87. The van der Waals surface area contributed by atoms with Crippen molar-refractivity contribution in [3.63, 3.8) is 0 Å². The van der Waals surface area contributed by atoms with E-state index in [1.165, 1.54) is 5.56 Å². The fourth-order valence-corrected chi connectivity index (χ4v) is 2.96. The fraction of sp³-hybridized carbons (Fsp3) is 0.350. The Hall–Kier alpha value is -3.29. The highest BCUT2D eigenvalue weighted by Gasteiger charge is 2.36. The van der Waals surface area contributed by atoms with Crippen LogP contribution in [-0.2, 0) is 5.41 Å². The van der Waals surface area contributed by atoms with Gasteiger partial charge in [-0.25, -0.2) is 14.8 Å². The van der Waals surface area contributed by atoms with E-state index in [1.54, 1.807) is 23.4 Å². The summed E-state index contributed by atoms with van der Waals surface area (Å²) in [4.78, 5) is 26.7. The summed E-state index contributed by atoms with van der Waals surface area (Å²) in [6, 6.07) is 9.54. The molecule has 3 heterocycles. The molecule has 0 aliphatic carbocycles. The Morgan fingerprint density at radius 1 is 1.11 bits per heavy atom. The van der Waals surface area contributed by atoms with Gasteiger partial charge in [0.05, 0.1) is 5.92 Å². The lowest BCUT2D eigenvalue weighted by Gasteiger charge is -2.36. The van der Waals surface area contributed by atoms with Gasteiger partial charge in [-0.15, -0.1) is 0 Å². The van der Waals surface area contributed by atoms with E-state index in [4.69, 9.17) is 4.52 Å². The molecule has 8 nitrogen and oxygen atoms in total. The van der Waals surface area contributed by atoms with Gasteiger partial charge in [-0.1, -0.05) is 38.1 Å². The molecule has 3 aromatic rings. The lowest BCUT2D eigenvalue weighted by molar-refractivity contribution is 0.147. The first kappa shape index (κ1) is 18.1. The van der Waals surface area contributed by atoms with Crippen molar-refractivity contribution in [2.45, 2.75) is 32.1 Å². The minimum absolute atomic E-state index is 0.0268. The Morgan fingerprint density at radius 3 is 2.43 bits per heavy atom. The zero-order chi connectivity index (χ0) is 19.7. The normalized spacial score (nSPS) is 14.6. The standard InChI is InChI=1S/C20H22N6O2/c1-20(2,3)14-5-7-15(8-6-14)23-19(27)26-11-13(12-26)18-24-17(25-28-18)16-21-9-4-10-22-16/h4-10,13H,11-12H2,1-3H3,(H,23,27). The summed E-state index contributed by atoms with van der Waals surface area (Å²) in [5.74, 6) is 1.31. The van der Waals surface area contributed by atoms with Crippen LogP contribution in [0.1, 0.15) is 38.1 Å². The quantitative estimate of drug-likeness (QED) is 0.750. The van der Waals surface area contributed by atoms with Gasteiger partial charge in [0.15, 0.2) is 0 Å². The number of likely N-dealkylation sites (tertiary alicyclic amines) is 1. The first-order valence-electron chi connectivity index (χ1n) is 9.17. The maximum atomic E-state index is 12.4. The molecule has 144 valence electrons. The molecule has 1 saturated heterocycles. The fourth-order valence-electron chi connectivity index (χ4n) is 2.96. The molecule has 0 atom stereocenters. The van der Waals surface area contributed by atoms with Gasteiger partial charge in [0.2, 0.25) is 17.5 Å². The number of hydrogen-bond acceptors (Lipinski definition) is 6. The molecule has 0 saturated carbocycles. The van der Waals surface area contributed by atoms with E-state index in [0.29, 0.717) is 30.6 Å². The van der Waals surface area contributed by atoms with Crippen molar-refractivity contribution in [2.24, 2.45) is 0 Å². The number of carbonyl (C=O) groups excluding carboxylic acids is 1. The Morgan fingerprint density at radius 2 is 1.79 bits per heavy atom. The van der Waals surface area contributed by atoms with Crippen LogP contribution in [0.25, 0.3) is 11.6 Å². The first-order chi connectivity index (χ1) is 13.4. The van der Waals surface area contributed by atoms with Crippen molar-refractivity contribution in [1.82, 2.24) is 25.0 Å². The predicted molar refractivity (Wildman–Crippen MR) is 104 cm³/mol. The Labute approximate surface area is 163 Å². The second-order valence-corrected chi connectivity index (χ2v) is 7.89. The predicted octanol–water partition coefficient (Wildman–Crippen LogP) is 3.46. The first-order valence-corrected chi connectivity index (χ1v) is 9.17. The molecule has 1 fully saturated rings. The van der Waals surface area contributed by atoms with Crippen LogP contribution < -0.4 is 5.32 Å². The molecule has 2 aromatic heterocycles. The zero-order valence-electron chi connectivity index (χ0n) is 16.1. The monoisotopic (exact) mass is 378 g/mol. The summed E-state index contributed by atoms with van der Waals surface area (Å²) in [7, 11) is 0. The molecule has 1 aliphatic rings. The molecule has 4 rings (SSSR count). The maximum absolute atomic E-state index is 12.4. The highest BCUT2D eigenvalue weighted by Crippen LogP contribution is 2.28. The molecule has 1 aromatic carbocycles. The smallest absolute Gasteiger partial charge is 0.321 e. The Kier molecular flexibility index (Phi) is 4.54. The number of benzene rings is 1. The van der Waals surface area contributed by atoms with Crippen molar-refractivity contribution in [2.75, 3.05) is 18.4 Å². The van der Waals surface area contributed by atoms with E-state index in [0.717, 1.165) is 5.69 Å². The molecule has 0 spiro atoms. The number of amides is 2. The van der Waals surface area contributed by atoms with Crippen molar-refractivity contribution >= 4 is 11.7 Å². The van der Waals surface area contributed by atoms with Gasteiger partial charge >= 0.3 is 6.03 Å². The van der Waals surface area contributed by atoms with Crippen LogP contribution in [0.15, 0.2) is 47.2 Å². The van der Waals surface area contributed by atoms with Crippen LogP contribution in [0.5, 0.6) is 0 Å². The van der Waals surface area contributed by atoms with Gasteiger partial charge < -0.3 is 14.7 Å². The van der Waals surface area contributed by atoms with Gasteiger partial charge in [-0.3, -0.25) is 0 Å². The number of rotatable bonds is 3. The average Bonchev–Trinajstić information content (AvgIpc) is 3.10. The van der Waals surface area contributed by atoms with E-state index in [1.807, 2.05) is 24.3 Å². The van der Waals surface area contributed by atoms with E-state index >= 15 is 0 Å². The molecule has 8 heteroatoms. The summed E-state index contributed by atoms with van der Waals surface area (Å²) in [6.07, 6.45) is 3.25. The molecule has 1 aliphatic heterocycles. The summed E-state index contributed by atoms with van der Waals surface area (Å²) in [5, 5.41) is 6.85. The van der Waals surface area contributed by atoms with Crippen LogP contribution in [-0.4, -0.2) is 44.1 Å². The molecule has 1 N–H and O–H groups in total. The SMILES string of the molecule is CC(C)(C)c1ccc(NC(=O)N2CC(c3nc(-c4ncccn4)no3)C2)cc1. The van der Waals surface area contributed by atoms with Crippen LogP contribution >= 0.6 is 0 Å². The summed E-state index contributed by atoms with van der Waals surface area (Å²) in [5.41, 5.74) is 2.09. The van der Waals surface area contributed by atoms with Gasteiger partial charge in [0.1, 0.15) is 0 Å². The summed E-state index contributed by atoms with van der Waals surface area (Å²) in [6.45, 7) is 7.54. The zero-order valence-corrected chi connectivity index (χ0v) is 16.1. The topological polar surface area (TPSA) is 97.0 Å². The van der Waals surface area contributed by atoms with Gasteiger partial charge in [-0.05, 0) is 29.2 Å². The molecule has 0 radical (unpaired) electrons.